The van der Waals surface area contributed by atoms with Gasteiger partial charge in [-0.05, 0) is 24.5 Å². The summed E-state index contributed by atoms with van der Waals surface area (Å²) >= 11 is 0. The molecule has 0 radical (unpaired) electrons. The van der Waals surface area contributed by atoms with Gasteiger partial charge in [-0.3, -0.25) is 9.48 Å². The molecule has 112 valence electrons. The zero-order valence-corrected chi connectivity index (χ0v) is 12.6. The van der Waals surface area contributed by atoms with E-state index in [0.717, 1.165) is 17.7 Å². The van der Waals surface area contributed by atoms with E-state index in [-0.39, 0.29) is 12.5 Å². The minimum Gasteiger partial charge on any atom is -0.394 e. The first-order chi connectivity index (χ1) is 10.1. The molecular weight excluding hydrogens is 266 g/mol. The van der Waals surface area contributed by atoms with Gasteiger partial charge >= 0.3 is 0 Å². The number of carbonyl (C=O) groups is 1. The highest BCUT2D eigenvalue weighted by Gasteiger charge is 2.18. The number of hydrogen-bond acceptors (Lipinski definition) is 3. The van der Waals surface area contributed by atoms with Gasteiger partial charge in [0.25, 0.3) is 5.91 Å². The number of carbonyl (C=O) groups excluding carboxylic acids is 1. The van der Waals surface area contributed by atoms with Crippen LogP contribution in [-0.2, 0) is 13.5 Å². The molecule has 5 nitrogen and oxygen atoms in total. The van der Waals surface area contributed by atoms with Gasteiger partial charge in [0.05, 0.1) is 24.4 Å². The fourth-order valence-electron chi connectivity index (χ4n) is 2.18. The van der Waals surface area contributed by atoms with Crippen molar-refractivity contribution in [3.05, 3.63) is 52.8 Å². The molecule has 0 saturated carbocycles. The Morgan fingerprint density at radius 1 is 1.38 bits per heavy atom. The SMILES string of the molecule is CCc1ccc(C(CO)NC(=O)c2cnn(C)c2C)cc1. The maximum atomic E-state index is 12.3. The first-order valence-corrected chi connectivity index (χ1v) is 7.06. The van der Waals surface area contributed by atoms with Gasteiger partial charge in [-0.1, -0.05) is 31.2 Å². The zero-order chi connectivity index (χ0) is 15.4. The summed E-state index contributed by atoms with van der Waals surface area (Å²) in [4.78, 5) is 12.3. The number of aryl methyl sites for hydroxylation is 2. The molecule has 1 heterocycles. The first kappa shape index (κ1) is 15.3. The van der Waals surface area contributed by atoms with Crippen LogP contribution in [0.25, 0.3) is 0 Å². The molecule has 1 aromatic carbocycles. The van der Waals surface area contributed by atoms with Gasteiger partial charge in [0.15, 0.2) is 0 Å². The summed E-state index contributed by atoms with van der Waals surface area (Å²) in [5, 5.41) is 16.4. The van der Waals surface area contributed by atoms with Crippen LogP contribution in [0.15, 0.2) is 30.5 Å². The lowest BCUT2D eigenvalue weighted by Crippen LogP contribution is -2.31. The minimum absolute atomic E-state index is 0.142. The third-order valence-corrected chi connectivity index (χ3v) is 3.76. The molecule has 0 aliphatic heterocycles. The Morgan fingerprint density at radius 3 is 2.52 bits per heavy atom. The van der Waals surface area contributed by atoms with E-state index >= 15 is 0 Å². The molecule has 0 spiro atoms. The van der Waals surface area contributed by atoms with E-state index in [4.69, 9.17) is 0 Å². The summed E-state index contributed by atoms with van der Waals surface area (Å²) in [6, 6.07) is 7.49. The normalized spacial score (nSPS) is 12.2. The molecule has 0 aliphatic carbocycles. The van der Waals surface area contributed by atoms with Crippen molar-refractivity contribution in [2.75, 3.05) is 6.61 Å². The summed E-state index contributed by atoms with van der Waals surface area (Å²) in [7, 11) is 1.79. The number of hydrogen-bond donors (Lipinski definition) is 2. The number of nitrogens with one attached hydrogen (secondary N) is 1. The molecule has 5 heteroatoms. The Morgan fingerprint density at radius 2 is 2.05 bits per heavy atom. The zero-order valence-electron chi connectivity index (χ0n) is 12.6. The first-order valence-electron chi connectivity index (χ1n) is 7.06. The van der Waals surface area contributed by atoms with E-state index in [9.17, 15) is 9.90 Å². The Bertz CT molecular complexity index is 617. The molecule has 0 aliphatic rings. The second kappa shape index (κ2) is 6.54. The predicted molar refractivity (Wildman–Crippen MR) is 81.1 cm³/mol. The van der Waals surface area contributed by atoms with Crippen LogP contribution in [-0.4, -0.2) is 27.4 Å². The van der Waals surface area contributed by atoms with Gasteiger partial charge in [-0.15, -0.1) is 0 Å². The van der Waals surface area contributed by atoms with Crippen LogP contribution in [0, 0.1) is 6.92 Å². The van der Waals surface area contributed by atoms with Gasteiger partial charge < -0.3 is 10.4 Å². The van der Waals surface area contributed by atoms with Crippen LogP contribution >= 0.6 is 0 Å². The molecular formula is C16H21N3O2. The highest BCUT2D eigenvalue weighted by Crippen LogP contribution is 2.15. The Labute approximate surface area is 124 Å². The quantitative estimate of drug-likeness (QED) is 0.880. The standard InChI is InChI=1S/C16H21N3O2/c1-4-12-5-7-13(8-6-12)15(10-20)18-16(21)14-9-17-19(3)11(14)2/h5-9,15,20H,4,10H2,1-3H3,(H,18,21). The van der Waals surface area contributed by atoms with Crippen LogP contribution in [0.1, 0.15) is 40.1 Å². The van der Waals surface area contributed by atoms with Crippen molar-refractivity contribution in [1.82, 2.24) is 15.1 Å². The van der Waals surface area contributed by atoms with Crippen molar-refractivity contribution >= 4 is 5.91 Å². The van der Waals surface area contributed by atoms with Crippen molar-refractivity contribution in [3.8, 4) is 0 Å². The monoisotopic (exact) mass is 287 g/mol. The van der Waals surface area contributed by atoms with E-state index in [2.05, 4.69) is 17.3 Å². The highest BCUT2D eigenvalue weighted by molar-refractivity contribution is 5.95. The minimum atomic E-state index is -0.414. The lowest BCUT2D eigenvalue weighted by atomic mass is 10.0. The van der Waals surface area contributed by atoms with Gasteiger partial charge in [0.2, 0.25) is 0 Å². The van der Waals surface area contributed by atoms with E-state index in [1.165, 1.54) is 5.56 Å². The molecule has 0 bridgehead atoms. The summed E-state index contributed by atoms with van der Waals surface area (Å²) in [5.41, 5.74) is 3.45. The van der Waals surface area contributed by atoms with Gasteiger partial charge in [-0.25, -0.2) is 0 Å². The highest BCUT2D eigenvalue weighted by atomic mass is 16.3. The Kier molecular flexibility index (Phi) is 4.75. The maximum absolute atomic E-state index is 12.3. The lowest BCUT2D eigenvalue weighted by Gasteiger charge is -2.17. The second-order valence-electron chi connectivity index (χ2n) is 5.07. The van der Waals surface area contributed by atoms with Crippen LogP contribution in [0.4, 0.5) is 0 Å². The van der Waals surface area contributed by atoms with Crippen molar-refractivity contribution in [1.29, 1.82) is 0 Å². The number of aliphatic hydroxyl groups excluding tert-OH is 1. The van der Waals surface area contributed by atoms with E-state index in [0.29, 0.717) is 5.56 Å². The van der Waals surface area contributed by atoms with Crippen molar-refractivity contribution in [3.63, 3.8) is 0 Å². The largest absolute Gasteiger partial charge is 0.394 e. The summed E-state index contributed by atoms with van der Waals surface area (Å²) in [6.45, 7) is 3.79. The number of aliphatic hydroxyl groups is 1. The van der Waals surface area contributed by atoms with Gasteiger partial charge in [0.1, 0.15) is 0 Å². The Balaban J connectivity index is 2.14. The van der Waals surface area contributed by atoms with E-state index in [1.54, 1.807) is 17.9 Å². The average Bonchev–Trinajstić information content (AvgIpc) is 2.84. The van der Waals surface area contributed by atoms with Gasteiger partial charge in [-0.2, -0.15) is 5.10 Å². The molecule has 2 rings (SSSR count). The maximum Gasteiger partial charge on any atom is 0.255 e. The number of nitrogens with zero attached hydrogens (tertiary/aromatic N) is 2. The molecule has 1 unspecified atom stereocenters. The molecule has 1 aromatic heterocycles. The number of benzene rings is 1. The van der Waals surface area contributed by atoms with Crippen molar-refractivity contribution < 1.29 is 9.90 Å². The second-order valence-corrected chi connectivity index (χ2v) is 5.07. The Hall–Kier alpha value is -2.14. The van der Waals surface area contributed by atoms with E-state index in [1.807, 2.05) is 31.2 Å². The molecule has 0 saturated heterocycles. The number of amides is 1. The van der Waals surface area contributed by atoms with Crippen LogP contribution in [0.5, 0.6) is 0 Å². The molecule has 1 atom stereocenters. The summed E-state index contributed by atoms with van der Waals surface area (Å²) in [6.07, 6.45) is 2.50. The van der Waals surface area contributed by atoms with Crippen LogP contribution < -0.4 is 5.32 Å². The fourth-order valence-corrected chi connectivity index (χ4v) is 2.18. The third-order valence-electron chi connectivity index (χ3n) is 3.76. The predicted octanol–water partition coefficient (Wildman–Crippen LogP) is 1.75. The smallest absolute Gasteiger partial charge is 0.255 e. The molecule has 2 N–H and O–H groups in total. The molecule has 2 aromatic rings. The average molecular weight is 287 g/mol. The lowest BCUT2D eigenvalue weighted by molar-refractivity contribution is 0.0915. The molecule has 21 heavy (non-hydrogen) atoms. The van der Waals surface area contributed by atoms with E-state index < -0.39 is 6.04 Å². The van der Waals surface area contributed by atoms with Crippen molar-refractivity contribution in [2.24, 2.45) is 7.05 Å². The number of rotatable bonds is 5. The molecule has 1 amide bonds. The van der Waals surface area contributed by atoms with Crippen LogP contribution in [0.2, 0.25) is 0 Å². The summed E-state index contributed by atoms with van der Waals surface area (Å²) < 4.78 is 1.65. The third kappa shape index (κ3) is 3.31. The van der Waals surface area contributed by atoms with Gasteiger partial charge in [0, 0.05) is 12.7 Å². The fraction of sp³-hybridized carbons (Fsp3) is 0.375. The topological polar surface area (TPSA) is 67.2 Å². The van der Waals surface area contributed by atoms with Crippen molar-refractivity contribution in [2.45, 2.75) is 26.3 Å². The summed E-state index contributed by atoms with van der Waals surface area (Å²) in [5.74, 6) is -0.223. The van der Waals surface area contributed by atoms with Crippen LogP contribution in [0.3, 0.4) is 0 Å². The number of aromatic nitrogens is 2. The molecule has 0 fully saturated rings.